The van der Waals surface area contributed by atoms with Gasteiger partial charge in [-0.2, -0.15) is 0 Å². The van der Waals surface area contributed by atoms with Crippen molar-refractivity contribution in [2.24, 2.45) is 4.99 Å². The number of methoxy groups -OCH3 is 1. The van der Waals surface area contributed by atoms with Crippen LogP contribution in [0.15, 0.2) is 4.99 Å². The van der Waals surface area contributed by atoms with Crippen LogP contribution in [0.3, 0.4) is 0 Å². The van der Waals surface area contributed by atoms with Crippen molar-refractivity contribution >= 4 is 5.96 Å². The predicted molar refractivity (Wildman–Crippen MR) is 76.1 cm³/mol. The average molecular weight is 256 g/mol. The summed E-state index contributed by atoms with van der Waals surface area (Å²) >= 11 is 0. The maximum absolute atomic E-state index is 5.15. The lowest BCUT2D eigenvalue weighted by molar-refractivity contribution is 0.145. The first-order valence-corrected chi connectivity index (χ1v) is 7.07. The summed E-state index contributed by atoms with van der Waals surface area (Å²) in [6.45, 7) is 9.68. The number of rotatable bonds is 9. The molecule has 0 amide bonds. The number of nitrogens with zero attached hydrogens (tertiary/aromatic N) is 2. The second kappa shape index (κ2) is 9.16. The van der Waals surface area contributed by atoms with Gasteiger partial charge in [0.2, 0.25) is 0 Å². The molecule has 0 atom stereocenters. The van der Waals surface area contributed by atoms with E-state index < -0.39 is 0 Å². The Bertz CT molecular complexity index is 233. The van der Waals surface area contributed by atoms with E-state index in [1.54, 1.807) is 7.11 Å². The molecule has 1 rings (SSSR count). The minimum atomic E-state index is 0.775. The van der Waals surface area contributed by atoms with Crippen molar-refractivity contribution in [3.8, 4) is 0 Å². The highest BCUT2D eigenvalue weighted by atomic mass is 16.5. The van der Waals surface area contributed by atoms with E-state index in [0.29, 0.717) is 0 Å². The van der Waals surface area contributed by atoms with E-state index in [-0.39, 0.29) is 0 Å². The average Bonchev–Trinajstić information content (AvgIpc) is 3.18. The fraction of sp³-hybridized carbons (Fsp3) is 0.923. The zero-order chi connectivity index (χ0) is 13.2. The molecule has 0 saturated heterocycles. The van der Waals surface area contributed by atoms with Gasteiger partial charge >= 0.3 is 0 Å². The fourth-order valence-corrected chi connectivity index (χ4v) is 1.92. The molecular formula is C13H28N4O. The Balaban J connectivity index is 2.28. The van der Waals surface area contributed by atoms with Gasteiger partial charge < -0.3 is 15.4 Å². The van der Waals surface area contributed by atoms with Crippen molar-refractivity contribution in [1.82, 2.24) is 15.5 Å². The van der Waals surface area contributed by atoms with E-state index in [4.69, 9.17) is 4.74 Å². The Morgan fingerprint density at radius 2 is 1.89 bits per heavy atom. The summed E-state index contributed by atoms with van der Waals surface area (Å²) in [5.41, 5.74) is 0. The summed E-state index contributed by atoms with van der Waals surface area (Å²) < 4.78 is 5.15. The van der Waals surface area contributed by atoms with Crippen LogP contribution in [-0.2, 0) is 4.74 Å². The van der Waals surface area contributed by atoms with Crippen molar-refractivity contribution in [2.75, 3.05) is 46.4 Å². The third-order valence-electron chi connectivity index (χ3n) is 2.99. The van der Waals surface area contributed by atoms with Crippen molar-refractivity contribution in [1.29, 1.82) is 0 Å². The molecule has 1 aliphatic carbocycles. The Morgan fingerprint density at radius 3 is 2.39 bits per heavy atom. The first-order chi connectivity index (χ1) is 8.81. The van der Waals surface area contributed by atoms with Crippen molar-refractivity contribution in [2.45, 2.75) is 32.7 Å². The van der Waals surface area contributed by atoms with Crippen LogP contribution in [-0.4, -0.2) is 63.3 Å². The van der Waals surface area contributed by atoms with E-state index >= 15 is 0 Å². The molecule has 0 unspecified atom stereocenters. The first-order valence-electron chi connectivity index (χ1n) is 7.07. The van der Waals surface area contributed by atoms with Gasteiger partial charge in [0.25, 0.3) is 0 Å². The van der Waals surface area contributed by atoms with Crippen molar-refractivity contribution < 1.29 is 4.74 Å². The summed E-state index contributed by atoms with van der Waals surface area (Å²) in [6.07, 6.45) is 2.67. The van der Waals surface area contributed by atoms with Gasteiger partial charge in [-0.05, 0) is 26.7 Å². The van der Waals surface area contributed by atoms with Gasteiger partial charge in [-0.25, -0.2) is 0 Å². The predicted octanol–water partition coefficient (Wildman–Crippen LogP) is 0.672. The van der Waals surface area contributed by atoms with Crippen LogP contribution < -0.4 is 10.6 Å². The Kier molecular flexibility index (Phi) is 7.76. The van der Waals surface area contributed by atoms with Gasteiger partial charge in [-0.1, -0.05) is 0 Å². The van der Waals surface area contributed by atoms with Crippen LogP contribution in [0, 0.1) is 0 Å². The molecule has 0 aromatic rings. The standard InChI is InChI=1S/C13H28N4O/c1-4-14-13(15-5-2)16-8-9-17(10-11-18-3)12-6-7-12/h12H,4-11H2,1-3H3,(H2,14,15,16). The zero-order valence-corrected chi connectivity index (χ0v) is 12.0. The Morgan fingerprint density at radius 1 is 1.22 bits per heavy atom. The van der Waals surface area contributed by atoms with Gasteiger partial charge in [0.1, 0.15) is 0 Å². The van der Waals surface area contributed by atoms with Crippen LogP contribution in [0.1, 0.15) is 26.7 Å². The number of aliphatic imine (C=N–C) groups is 1. The molecule has 5 heteroatoms. The SMILES string of the molecule is CCNC(=NCCN(CCOC)C1CC1)NCC. The molecule has 1 saturated carbocycles. The summed E-state index contributed by atoms with van der Waals surface area (Å²) in [5.74, 6) is 0.919. The zero-order valence-electron chi connectivity index (χ0n) is 12.0. The van der Waals surface area contributed by atoms with Gasteiger partial charge in [0.15, 0.2) is 5.96 Å². The summed E-state index contributed by atoms with van der Waals surface area (Å²) in [6, 6.07) is 0.775. The topological polar surface area (TPSA) is 48.9 Å². The van der Waals surface area contributed by atoms with E-state index in [0.717, 1.165) is 51.3 Å². The van der Waals surface area contributed by atoms with Gasteiger partial charge in [-0.3, -0.25) is 9.89 Å². The van der Waals surface area contributed by atoms with Crippen molar-refractivity contribution in [3.63, 3.8) is 0 Å². The second-order valence-corrected chi connectivity index (χ2v) is 4.55. The fourth-order valence-electron chi connectivity index (χ4n) is 1.92. The molecule has 1 fully saturated rings. The Hall–Kier alpha value is -0.810. The number of hydrogen-bond acceptors (Lipinski definition) is 3. The van der Waals surface area contributed by atoms with Gasteiger partial charge in [0, 0.05) is 39.3 Å². The number of ether oxygens (including phenoxy) is 1. The van der Waals surface area contributed by atoms with E-state index in [2.05, 4.69) is 34.4 Å². The molecule has 2 N–H and O–H groups in total. The van der Waals surface area contributed by atoms with Gasteiger partial charge in [-0.15, -0.1) is 0 Å². The number of hydrogen-bond donors (Lipinski definition) is 2. The van der Waals surface area contributed by atoms with Crippen LogP contribution in [0.2, 0.25) is 0 Å². The minimum absolute atomic E-state index is 0.775. The molecule has 0 bridgehead atoms. The van der Waals surface area contributed by atoms with Crippen LogP contribution in [0.5, 0.6) is 0 Å². The summed E-state index contributed by atoms with van der Waals surface area (Å²) in [4.78, 5) is 7.06. The molecule has 1 aliphatic rings. The minimum Gasteiger partial charge on any atom is -0.383 e. The monoisotopic (exact) mass is 256 g/mol. The lowest BCUT2D eigenvalue weighted by Crippen LogP contribution is -2.38. The smallest absolute Gasteiger partial charge is 0.191 e. The van der Waals surface area contributed by atoms with E-state index in [1.165, 1.54) is 12.8 Å². The highest BCUT2D eigenvalue weighted by molar-refractivity contribution is 5.79. The molecule has 0 aromatic heterocycles. The van der Waals surface area contributed by atoms with Crippen LogP contribution in [0.25, 0.3) is 0 Å². The second-order valence-electron chi connectivity index (χ2n) is 4.55. The lowest BCUT2D eigenvalue weighted by Gasteiger charge is -2.20. The molecular weight excluding hydrogens is 228 g/mol. The van der Waals surface area contributed by atoms with Crippen LogP contribution in [0.4, 0.5) is 0 Å². The quantitative estimate of drug-likeness (QED) is 0.470. The van der Waals surface area contributed by atoms with E-state index in [1.807, 2.05) is 0 Å². The molecule has 106 valence electrons. The third kappa shape index (κ3) is 6.21. The van der Waals surface area contributed by atoms with E-state index in [9.17, 15) is 0 Å². The van der Waals surface area contributed by atoms with Crippen LogP contribution >= 0.6 is 0 Å². The normalized spacial score (nSPS) is 14.7. The Labute approximate surface area is 111 Å². The van der Waals surface area contributed by atoms with Crippen molar-refractivity contribution in [3.05, 3.63) is 0 Å². The maximum atomic E-state index is 5.15. The molecule has 0 spiro atoms. The molecule has 0 aromatic carbocycles. The summed E-state index contributed by atoms with van der Waals surface area (Å²) in [7, 11) is 1.76. The molecule has 0 heterocycles. The molecule has 0 aliphatic heterocycles. The molecule has 0 radical (unpaired) electrons. The molecule has 18 heavy (non-hydrogen) atoms. The number of guanidine groups is 1. The highest BCUT2D eigenvalue weighted by Gasteiger charge is 2.27. The first kappa shape index (κ1) is 15.2. The summed E-state index contributed by atoms with van der Waals surface area (Å²) in [5, 5.41) is 6.48. The maximum Gasteiger partial charge on any atom is 0.191 e. The largest absolute Gasteiger partial charge is 0.383 e. The number of nitrogens with one attached hydrogen (secondary N) is 2. The molecule has 5 nitrogen and oxygen atoms in total. The highest BCUT2D eigenvalue weighted by Crippen LogP contribution is 2.26. The van der Waals surface area contributed by atoms with Gasteiger partial charge in [0.05, 0.1) is 13.2 Å². The lowest BCUT2D eigenvalue weighted by atomic mass is 10.4. The third-order valence-corrected chi connectivity index (χ3v) is 2.99.